The summed E-state index contributed by atoms with van der Waals surface area (Å²) in [7, 11) is 0. The van der Waals surface area contributed by atoms with Gasteiger partial charge in [-0.25, -0.2) is 0 Å². The number of carbonyl (C=O) groups excluding carboxylic acids is 1. The molecule has 0 saturated carbocycles. The van der Waals surface area contributed by atoms with Gasteiger partial charge < -0.3 is 5.73 Å². The molecule has 51 valence electrons. The topological polar surface area (TPSA) is 43.1 Å². The average molecular weight is 135 g/mol. The van der Waals surface area contributed by atoms with E-state index in [1.807, 2.05) is 0 Å². The molecule has 0 atom stereocenters. The van der Waals surface area contributed by atoms with Crippen molar-refractivity contribution in [3.63, 3.8) is 0 Å². The lowest BCUT2D eigenvalue weighted by Gasteiger charge is -1.94. The van der Waals surface area contributed by atoms with Crippen LogP contribution in [-0.4, -0.2) is 6.29 Å². The molecule has 0 fully saturated rings. The highest BCUT2D eigenvalue weighted by atomic mass is 16.1. The van der Waals surface area contributed by atoms with Crippen LogP contribution in [0, 0.1) is 0 Å². The molecule has 0 spiro atoms. The number of rotatable bonds is 2. The van der Waals surface area contributed by atoms with Gasteiger partial charge in [0, 0.05) is 12.1 Å². The van der Waals surface area contributed by atoms with Gasteiger partial charge in [-0.1, -0.05) is 18.2 Å². The molecule has 0 heterocycles. The Labute approximate surface area is 61.1 Å². The summed E-state index contributed by atoms with van der Waals surface area (Å²) in [5, 5.41) is 0. The summed E-state index contributed by atoms with van der Waals surface area (Å²) in [6.45, 7) is 0.286. The Balaban J connectivity index is 3.20. The van der Waals surface area contributed by atoms with Gasteiger partial charge >= 0.3 is 0 Å². The molecule has 0 unspecified atom stereocenters. The van der Waals surface area contributed by atoms with Crippen LogP contribution in [0.25, 0.3) is 0 Å². The van der Waals surface area contributed by atoms with Crippen molar-refractivity contribution in [2.75, 3.05) is 0 Å². The van der Waals surface area contributed by atoms with Crippen LogP contribution in [0.5, 0.6) is 0 Å². The molecule has 1 aromatic rings. The molecule has 2 N–H and O–H groups in total. The van der Waals surface area contributed by atoms with Crippen LogP contribution < -0.4 is 5.73 Å². The fourth-order valence-electron chi connectivity index (χ4n) is 0.695. The van der Waals surface area contributed by atoms with E-state index in [1.54, 1.807) is 24.5 Å². The normalized spacial score (nSPS) is 10.7. The first-order chi connectivity index (χ1) is 5.29. The van der Waals surface area contributed by atoms with E-state index >= 15 is 0 Å². The van der Waals surface area contributed by atoms with Crippen molar-refractivity contribution in [2.24, 2.45) is 5.73 Å². The van der Waals surface area contributed by atoms with E-state index in [0.29, 0.717) is 5.56 Å². The highest BCUT2D eigenvalue weighted by molar-refractivity contribution is 5.75. The summed E-state index contributed by atoms with van der Waals surface area (Å²) in [4.78, 5) is 10.2. The number of hydrogen-bond acceptors (Lipinski definition) is 2. The average Bonchev–Trinajstić information content (AvgIpc) is 2.05. The second kappa shape index (κ2) is 3.13. The third-order valence-corrected chi connectivity index (χ3v) is 1.19. The van der Waals surface area contributed by atoms with E-state index in [9.17, 15) is 4.79 Å². The lowest BCUT2D eigenvalue weighted by molar-refractivity contribution is 0.562. The van der Waals surface area contributed by atoms with Crippen molar-refractivity contribution in [3.05, 3.63) is 35.4 Å². The maximum absolute atomic E-state index is 10.2. The molecular weight excluding hydrogens is 126 g/mol. The monoisotopic (exact) mass is 135 g/mol. The van der Waals surface area contributed by atoms with Gasteiger partial charge in [-0.2, -0.15) is 0 Å². The Morgan fingerprint density at radius 1 is 1.70 bits per heavy atom. The molecule has 1 radical (unpaired) electrons. The SMILES string of the molecule is [2H]c1c([C]=O)cccc1CN. The zero-order chi connectivity index (χ0) is 8.27. The Morgan fingerprint density at radius 2 is 2.50 bits per heavy atom. The first kappa shape index (κ1) is 5.62. The van der Waals surface area contributed by atoms with Gasteiger partial charge in [0.15, 0.2) is 0 Å². The first-order valence-electron chi connectivity index (χ1n) is 3.46. The summed E-state index contributed by atoms with van der Waals surface area (Å²) in [5.41, 5.74) is 6.27. The van der Waals surface area contributed by atoms with E-state index in [-0.39, 0.29) is 18.2 Å². The van der Waals surface area contributed by atoms with E-state index in [2.05, 4.69) is 0 Å². The molecule has 0 aliphatic heterocycles. The Hall–Kier alpha value is -1.15. The molecule has 1 rings (SSSR count). The molecule has 1 aromatic carbocycles. The predicted octanol–water partition coefficient (Wildman–Crippen LogP) is 0.603. The van der Waals surface area contributed by atoms with Gasteiger partial charge in [-0.3, -0.25) is 4.79 Å². The second-order valence-corrected chi connectivity index (χ2v) is 1.90. The minimum absolute atomic E-state index is 0.185. The summed E-state index contributed by atoms with van der Waals surface area (Å²) in [6, 6.07) is 5.16. The molecule has 0 amide bonds. The van der Waals surface area contributed by atoms with Crippen LogP contribution >= 0.6 is 0 Å². The molecule has 2 heteroatoms. The summed E-state index contributed by atoms with van der Waals surface area (Å²) in [5.74, 6) is 0. The van der Waals surface area contributed by atoms with Crippen LogP contribution in [0.15, 0.2) is 24.2 Å². The third kappa shape index (κ3) is 1.42. The number of nitrogens with two attached hydrogens (primary N) is 1. The lowest BCUT2D eigenvalue weighted by Crippen LogP contribution is -1.96. The zero-order valence-corrected chi connectivity index (χ0v) is 5.42. The molecule has 0 aliphatic rings. The number of hydrogen-bond donors (Lipinski definition) is 1. The van der Waals surface area contributed by atoms with Crippen molar-refractivity contribution in [2.45, 2.75) is 6.54 Å². The fraction of sp³-hybridized carbons (Fsp3) is 0.125. The van der Waals surface area contributed by atoms with E-state index < -0.39 is 0 Å². The molecule has 0 bridgehead atoms. The van der Waals surface area contributed by atoms with Crippen LogP contribution in [-0.2, 0) is 11.3 Å². The minimum atomic E-state index is 0.185. The van der Waals surface area contributed by atoms with Gasteiger partial charge in [0.05, 0.1) is 1.37 Å². The van der Waals surface area contributed by atoms with Gasteiger partial charge in [0.2, 0.25) is 6.29 Å². The van der Waals surface area contributed by atoms with Gasteiger partial charge in [-0.15, -0.1) is 0 Å². The second-order valence-electron chi connectivity index (χ2n) is 1.90. The smallest absolute Gasteiger partial charge is 0.233 e. The maximum atomic E-state index is 10.2. The Bertz CT molecular complexity index is 273. The highest BCUT2D eigenvalue weighted by Gasteiger charge is 1.91. The van der Waals surface area contributed by atoms with Crippen LogP contribution in [0.1, 0.15) is 12.5 Å². The van der Waals surface area contributed by atoms with Gasteiger partial charge in [-0.05, 0) is 11.6 Å². The largest absolute Gasteiger partial charge is 0.326 e. The first-order valence-corrected chi connectivity index (χ1v) is 2.96. The van der Waals surface area contributed by atoms with E-state index in [4.69, 9.17) is 7.10 Å². The van der Waals surface area contributed by atoms with E-state index in [1.165, 1.54) is 0 Å². The van der Waals surface area contributed by atoms with Gasteiger partial charge in [0.25, 0.3) is 0 Å². The number of benzene rings is 1. The Morgan fingerprint density at radius 3 is 3.10 bits per heavy atom. The lowest BCUT2D eigenvalue weighted by atomic mass is 10.1. The van der Waals surface area contributed by atoms with Crippen LogP contribution in [0.2, 0.25) is 0 Å². The molecule has 0 aromatic heterocycles. The van der Waals surface area contributed by atoms with Crippen molar-refractivity contribution in [1.29, 1.82) is 0 Å². The summed E-state index contributed by atoms with van der Waals surface area (Å²) >= 11 is 0. The molecular formula is C8H8NO. The van der Waals surface area contributed by atoms with Crippen molar-refractivity contribution in [1.82, 2.24) is 0 Å². The standard InChI is InChI=1S/C8H8NO/c9-5-7-2-1-3-8(4-7)6-10/h1-4H,5,9H2/i4D. The fourth-order valence-corrected chi connectivity index (χ4v) is 0.695. The van der Waals surface area contributed by atoms with Crippen LogP contribution in [0.4, 0.5) is 0 Å². The third-order valence-electron chi connectivity index (χ3n) is 1.19. The predicted molar refractivity (Wildman–Crippen MR) is 39.1 cm³/mol. The minimum Gasteiger partial charge on any atom is -0.326 e. The van der Waals surface area contributed by atoms with Crippen LogP contribution in [0.3, 0.4) is 0 Å². The van der Waals surface area contributed by atoms with Gasteiger partial charge in [0.1, 0.15) is 0 Å². The summed E-state index contributed by atoms with van der Waals surface area (Å²) in [6.07, 6.45) is 1.68. The Kier molecular flexibility index (Phi) is 1.76. The van der Waals surface area contributed by atoms with Crippen molar-refractivity contribution in [3.8, 4) is 0 Å². The molecule has 10 heavy (non-hydrogen) atoms. The van der Waals surface area contributed by atoms with Crippen molar-refractivity contribution < 1.29 is 6.17 Å². The maximum Gasteiger partial charge on any atom is 0.233 e. The quantitative estimate of drug-likeness (QED) is 0.645. The molecule has 2 nitrogen and oxygen atoms in total. The molecule has 0 aliphatic carbocycles. The van der Waals surface area contributed by atoms with E-state index in [0.717, 1.165) is 0 Å². The van der Waals surface area contributed by atoms with Crippen molar-refractivity contribution >= 4 is 6.29 Å². The summed E-state index contributed by atoms with van der Waals surface area (Å²) < 4.78 is 7.40. The highest BCUT2D eigenvalue weighted by Crippen LogP contribution is 2.00. The molecule has 0 saturated heterocycles. The zero-order valence-electron chi connectivity index (χ0n) is 6.42.